The van der Waals surface area contributed by atoms with Crippen LogP contribution in [0.4, 0.5) is 0 Å². The lowest BCUT2D eigenvalue weighted by molar-refractivity contribution is 0.0700. The number of rotatable bonds is 4. The first-order valence-electron chi connectivity index (χ1n) is 11.4. The number of carbonyl (C=O) groups excluding carboxylic acids is 1. The van der Waals surface area contributed by atoms with Gasteiger partial charge >= 0.3 is 0 Å². The number of hydrogen-bond donors (Lipinski definition) is 0. The average molecular weight is 441 g/mol. The summed E-state index contributed by atoms with van der Waals surface area (Å²) in [4.78, 5) is 24.6. The molecule has 1 saturated heterocycles. The third kappa shape index (κ3) is 4.33. The van der Waals surface area contributed by atoms with Crippen molar-refractivity contribution in [2.45, 2.75) is 32.6 Å². The van der Waals surface area contributed by atoms with Crippen LogP contribution in [0.15, 0.2) is 60.9 Å². The fourth-order valence-electron chi connectivity index (χ4n) is 4.61. The maximum Gasteiger partial charge on any atom is 0.274 e. The van der Waals surface area contributed by atoms with E-state index in [1.54, 1.807) is 7.11 Å². The lowest BCUT2D eigenvalue weighted by atomic mass is 9.92. The molecule has 1 unspecified atom stereocenters. The van der Waals surface area contributed by atoms with E-state index in [1.807, 2.05) is 59.8 Å². The fourth-order valence-corrected chi connectivity index (χ4v) is 4.61. The lowest BCUT2D eigenvalue weighted by Gasteiger charge is -2.32. The van der Waals surface area contributed by atoms with E-state index in [1.165, 1.54) is 0 Å². The lowest BCUT2D eigenvalue weighted by Crippen LogP contribution is -2.39. The van der Waals surface area contributed by atoms with Gasteiger partial charge in [0.15, 0.2) is 0 Å². The number of amides is 1. The highest BCUT2D eigenvalue weighted by molar-refractivity contribution is 5.93. The minimum absolute atomic E-state index is 0.0101. The van der Waals surface area contributed by atoms with Crippen LogP contribution in [-0.2, 0) is 0 Å². The zero-order valence-electron chi connectivity index (χ0n) is 19.3. The molecule has 0 radical (unpaired) electrons. The molecule has 4 heterocycles. The molecule has 1 atom stereocenters. The van der Waals surface area contributed by atoms with E-state index in [0.717, 1.165) is 58.9 Å². The number of likely N-dealkylation sites (tertiary alicyclic amines) is 1. The number of pyridine rings is 2. The molecular weight excluding hydrogens is 412 g/mol. The number of aryl methyl sites for hydroxylation is 2. The Morgan fingerprint density at radius 3 is 2.64 bits per heavy atom. The summed E-state index contributed by atoms with van der Waals surface area (Å²) in [5.74, 6) is 1.04. The van der Waals surface area contributed by atoms with Gasteiger partial charge in [-0.25, -0.2) is 4.98 Å². The largest absolute Gasteiger partial charge is 0.497 e. The summed E-state index contributed by atoms with van der Waals surface area (Å²) in [6, 6.07) is 16.4. The summed E-state index contributed by atoms with van der Waals surface area (Å²) < 4.78 is 7.19. The molecule has 1 fully saturated rings. The van der Waals surface area contributed by atoms with Crippen molar-refractivity contribution < 1.29 is 9.53 Å². The van der Waals surface area contributed by atoms with Crippen LogP contribution in [0.25, 0.3) is 16.8 Å². The van der Waals surface area contributed by atoms with E-state index in [0.29, 0.717) is 12.2 Å². The third-order valence-corrected chi connectivity index (χ3v) is 6.36. The Balaban J connectivity index is 1.38. The van der Waals surface area contributed by atoms with Gasteiger partial charge in [0.2, 0.25) is 0 Å². The van der Waals surface area contributed by atoms with Gasteiger partial charge in [-0.05, 0) is 79.8 Å². The second kappa shape index (κ2) is 8.70. The van der Waals surface area contributed by atoms with Crippen LogP contribution < -0.4 is 4.74 Å². The van der Waals surface area contributed by atoms with Crippen molar-refractivity contribution in [3.63, 3.8) is 0 Å². The molecule has 6 heteroatoms. The van der Waals surface area contributed by atoms with Gasteiger partial charge in [0.1, 0.15) is 17.1 Å². The van der Waals surface area contributed by atoms with Gasteiger partial charge in [-0.15, -0.1) is 0 Å². The number of aromatic nitrogens is 3. The van der Waals surface area contributed by atoms with Crippen molar-refractivity contribution >= 4 is 11.6 Å². The standard InChI is InChI=1S/C27H28N4O2/c1-18-10-12-30-17-25(29-26(30)13-18)27(32)31-11-4-5-21(16-31)24-15-22(14-19(2)28-24)20-6-8-23(33-3)9-7-20/h6-10,12-15,17,21H,4-5,11,16H2,1-3H3. The van der Waals surface area contributed by atoms with Crippen molar-refractivity contribution in [2.75, 3.05) is 20.2 Å². The molecule has 0 saturated carbocycles. The molecule has 3 aromatic heterocycles. The Kier molecular flexibility index (Phi) is 5.58. The number of nitrogens with zero attached hydrogens (tertiary/aromatic N) is 4. The van der Waals surface area contributed by atoms with Gasteiger partial charge in [0, 0.05) is 42.8 Å². The Bertz CT molecular complexity index is 1310. The minimum Gasteiger partial charge on any atom is -0.497 e. The second-order valence-corrected chi connectivity index (χ2v) is 8.84. The Morgan fingerprint density at radius 2 is 1.85 bits per heavy atom. The number of hydrogen-bond acceptors (Lipinski definition) is 4. The van der Waals surface area contributed by atoms with E-state index in [2.05, 4.69) is 29.2 Å². The summed E-state index contributed by atoms with van der Waals surface area (Å²) in [5, 5.41) is 0. The monoisotopic (exact) mass is 440 g/mol. The summed E-state index contributed by atoms with van der Waals surface area (Å²) in [6.07, 6.45) is 5.75. The number of imidazole rings is 1. The first-order chi connectivity index (χ1) is 16.0. The van der Waals surface area contributed by atoms with Crippen molar-refractivity contribution in [2.24, 2.45) is 0 Å². The maximum atomic E-state index is 13.3. The molecule has 1 aromatic carbocycles. The number of piperidine rings is 1. The van der Waals surface area contributed by atoms with E-state index in [4.69, 9.17) is 9.72 Å². The Hall–Kier alpha value is -3.67. The van der Waals surface area contributed by atoms with Crippen LogP contribution >= 0.6 is 0 Å². The van der Waals surface area contributed by atoms with Crippen molar-refractivity contribution in [1.29, 1.82) is 0 Å². The van der Waals surface area contributed by atoms with Crippen LogP contribution in [-0.4, -0.2) is 45.4 Å². The topological polar surface area (TPSA) is 59.7 Å². The summed E-state index contributed by atoms with van der Waals surface area (Å²) in [6.45, 7) is 5.46. The number of ether oxygens (including phenoxy) is 1. The predicted molar refractivity (Wildman–Crippen MR) is 129 cm³/mol. The highest BCUT2D eigenvalue weighted by Gasteiger charge is 2.28. The number of carbonyl (C=O) groups is 1. The maximum absolute atomic E-state index is 13.3. The molecular formula is C27H28N4O2. The summed E-state index contributed by atoms with van der Waals surface area (Å²) in [5.41, 5.74) is 6.73. The van der Waals surface area contributed by atoms with E-state index in [-0.39, 0.29) is 11.8 Å². The normalized spacial score (nSPS) is 16.2. The van der Waals surface area contributed by atoms with E-state index < -0.39 is 0 Å². The molecule has 1 amide bonds. The molecule has 6 nitrogen and oxygen atoms in total. The Morgan fingerprint density at radius 1 is 1.03 bits per heavy atom. The van der Waals surface area contributed by atoms with Gasteiger partial charge < -0.3 is 14.0 Å². The van der Waals surface area contributed by atoms with Gasteiger partial charge in [-0.2, -0.15) is 0 Å². The van der Waals surface area contributed by atoms with Crippen LogP contribution in [0.5, 0.6) is 5.75 Å². The van der Waals surface area contributed by atoms with Crippen LogP contribution in [0.1, 0.15) is 46.2 Å². The molecule has 0 bridgehead atoms. The van der Waals surface area contributed by atoms with E-state index >= 15 is 0 Å². The van der Waals surface area contributed by atoms with Crippen molar-refractivity contribution in [1.82, 2.24) is 19.3 Å². The van der Waals surface area contributed by atoms with Gasteiger partial charge in [0.25, 0.3) is 5.91 Å². The average Bonchev–Trinajstić information content (AvgIpc) is 3.26. The van der Waals surface area contributed by atoms with Gasteiger partial charge in [-0.1, -0.05) is 12.1 Å². The Labute approximate surface area is 193 Å². The fraction of sp³-hybridized carbons (Fsp3) is 0.296. The first-order valence-corrected chi connectivity index (χ1v) is 11.4. The number of methoxy groups -OCH3 is 1. The number of fused-ring (bicyclic) bond motifs is 1. The molecule has 0 aliphatic carbocycles. The highest BCUT2D eigenvalue weighted by atomic mass is 16.5. The molecule has 0 spiro atoms. The smallest absolute Gasteiger partial charge is 0.274 e. The van der Waals surface area contributed by atoms with Crippen molar-refractivity contribution in [3.8, 4) is 16.9 Å². The van der Waals surface area contributed by atoms with E-state index in [9.17, 15) is 4.79 Å². The molecule has 0 N–H and O–H groups in total. The molecule has 168 valence electrons. The minimum atomic E-state index is -0.0101. The molecule has 33 heavy (non-hydrogen) atoms. The molecule has 4 aromatic rings. The SMILES string of the molecule is COc1ccc(-c2cc(C)nc(C3CCCN(C(=O)c4cn5ccc(C)cc5n4)C3)c2)cc1. The van der Waals surface area contributed by atoms with Crippen LogP contribution in [0.2, 0.25) is 0 Å². The zero-order valence-corrected chi connectivity index (χ0v) is 19.3. The van der Waals surface area contributed by atoms with Gasteiger partial charge in [0.05, 0.1) is 7.11 Å². The van der Waals surface area contributed by atoms with Crippen LogP contribution in [0, 0.1) is 13.8 Å². The zero-order chi connectivity index (χ0) is 22.9. The third-order valence-electron chi connectivity index (χ3n) is 6.36. The van der Waals surface area contributed by atoms with Crippen molar-refractivity contribution in [3.05, 3.63) is 83.6 Å². The first kappa shape index (κ1) is 21.2. The molecule has 1 aliphatic heterocycles. The quantitative estimate of drug-likeness (QED) is 0.446. The predicted octanol–water partition coefficient (Wildman–Crippen LogP) is 5.04. The molecule has 5 rings (SSSR count). The second-order valence-electron chi connectivity index (χ2n) is 8.84. The highest BCUT2D eigenvalue weighted by Crippen LogP contribution is 2.31. The summed E-state index contributed by atoms with van der Waals surface area (Å²) in [7, 11) is 1.67. The summed E-state index contributed by atoms with van der Waals surface area (Å²) >= 11 is 0. The van der Waals surface area contributed by atoms with Crippen LogP contribution in [0.3, 0.4) is 0 Å². The van der Waals surface area contributed by atoms with Gasteiger partial charge in [-0.3, -0.25) is 9.78 Å². The number of benzene rings is 1. The molecule has 1 aliphatic rings.